The van der Waals surface area contributed by atoms with Gasteiger partial charge in [-0.2, -0.15) is 0 Å². The molecule has 2 amide bonds. The molecule has 0 aromatic carbocycles. The fraction of sp³-hybridized carbons (Fsp3) is 0.818. The van der Waals surface area contributed by atoms with E-state index >= 15 is 0 Å². The Balaban J connectivity index is 2.18. The maximum absolute atomic E-state index is 11.4. The minimum absolute atomic E-state index is 0.0846. The number of hydrogen-bond acceptors (Lipinski definition) is 3. The van der Waals surface area contributed by atoms with E-state index in [1.165, 1.54) is 6.92 Å². The van der Waals surface area contributed by atoms with E-state index in [0.29, 0.717) is 6.04 Å². The number of carbonyl (C=O) groups excluding carboxylic acids is 2. The van der Waals surface area contributed by atoms with Crippen LogP contribution >= 0.6 is 0 Å². The van der Waals surface area contributed by atoms with Crippen LogP contribution < -0.4 is 16.0 Å². The van der Waals surface area contributed by atoms with Gasteiger partial charge in [-0.3, -0.25) is 9.59 Å². The van der Waals surface area contributed by atoms with Crippen LogP contribution in [0.2, 0.25) is 0 Å². The van der Waals surface area contributed by atoms with Crippen molar-refractivity contribution in [2.45, 2.75) is 44.7 Å². The summed E-state index contributed by atoms with van der Waals surface area (Å²) < 4.78 is 0. The molecule has 0 unspecified atom stereocenters. The Morgan fingerprint density at radius 3 is 2.19 bits per heavy atom. The zero-order valence-electron chi connectivity index (χ0n) is 10.0. The zero-order chi connectivity index (χ0) is 12.0. The maximum Gasteiger partial charge on any atom is 0.239 e. The Morgan fingerprint density at radius 2 is 1.69 bits per heavy atom. The second-order valence-corrected chi connectivity index (χ2v) is 4.31. The predicted octanol–water partition coefficient (Wildman–Crippen LogP) is -0.231. The quantitative estimate of drug-likeness (QED) is 0.621. The average Bonchev–Trinajstić information content (AvgIpc) is 2.27. The molecule has 0 atom stereocenters. The minimum atomic E-state index is -0.172. The lowest BCUT2D eigenvalue weighted by Crippen LogP contribution is -2.44. The van der Waals surface area contributed by atoms with Crippen molar-refractivity contribution in [3.05, 3.63) is 0 Å². The number of rotatable bonds is 4. The molecule has 0 aliphatic heterocycles. The van der Waals surface area contributed by atoms with Crippen molar-refractivity contribution in [2.75, 3.05) is 13.6 Å². The lowest BCUT2D eigenvalue weighted by atomic mass is 9.91. The van der Waals surface area contributed by atoms with Gasteiger partial charge < -0.3 is 16.0 Å². The number of carbonyl (C=O) groups is 2. The molecule has 1 saturated carbocycles. The van der Waals surface area contributed by atoms with Crippen LogP contribution in [-0.2, 0) is 9.59 Å². The van der Waals surface area contributed by atoms with E-state index in [4.69, 9.17) is 0 Å². The van der Waals surface area contributed by atoms with Crippen LogP contribution in [0.3, 0.4) is 0 Å². The lowest BCUT2D eigenvalue weighted by molar-refractivity contribution is -0.125. The van der Waals surface area contributed by atoms with Gasteiger partial charge in [0, 0.05) is 19.0 Å². The molecule has 1 aliphatic carbocycles. The van der Waals surface area contributed by atoms with Crippen LogP contribution in [0.4, 0.5) is 0 Å². The monoisotopic (exact) mass is 227 g/mol. The first kappa shape index (κ1) is 13.0. The van der Waals surface area contributed by atoms with E-state index in [9.17, 15) is 9.59 Å². The van der Waals surface area contributed by atoms with Crippen LogP contribution in [0.1, 0.15) is 32.6 Å². The fourth-order valence-electron chi connectivity index (χ4n) is 2.01. The molecule has 3 N–H and O–H groups in total. The summed E-state index contributed by atoms with van der Waals surface area (Å²) >= 11 is 0. The van der Waals surface area contributed by atoms with Crippen LogP contribution in [-0.4, -0.2) is 37.5 Å². The molecule has 5 heteroatoms. The topological polar surface area (TPSA) is 70.2 Å². The van der Waals surface area contributed by atoms with E-state index in [1.54, 1.807) is 0 Å². The van der Waals surface area contributed by atoms with Crippen molar-refractivity contribution in [2.24, 2.45) is 0 Å². The number of hydrogen-bond donors (Lipinski definition) is 3. The molecule has 0 radical (unpaired) electrons. The molecule has 0 aromatic heterocycles. The van der Waals surface area contributed by atoms with Crippen LogP contribution in [0.25, 0.3) is 0 Å². The van der Waals surface area contributed by atoms with Gasteiger partial charge in [-0.1, -0.05) is 0 Å². The Kier molecular flexibility index (Phi) is 5.25. The highest BCUT2D eigenvalue weighted by molar-refractivity contribution is 5.83. The van der Waals surface area contributed by atoms with E-state index in [2.05, 4.69) is 16.0 Å². The first-order valence-corrected chi connectivity index (χ1v) is 5.83. The van der Waals surface area contributed by atoms with E-state index < -0.39 is 0 Å². The van der Waals surface area contributed by atoms with Crippen LogP contribution in [0.15, 0.2) is 0 Å². The van der Waals surface area contributed by atoms with Gasteiger partial charge >= 0.3 is 0 Å². The zero-order valence-corrected chi connectivity index (χ0v) is 10.0. The van der Waals surface area contributed by atoms with E-state index in [1.807, 2.05) is 7.05 Å². The van der Waals surface area contributed by atoms with Gasteiger partial charge in [0.15, 0.2) is 0 Å². The van der Waals surface area contributed by atoms with Gasteiger partial charge in [-0.15, -0.1) is 0 Å². The van der Waals surface area contributed by atoms with E-state index in [-0.39, 0.29) is 24.4 Å². The largest absolute Gasteiger partial charge is 0.352 e. The van der Waals surface area contributed by atoms with Crippen molar-refractivity contribution < 1.29 is 9.59 Å². The molecule has 1 aliphatic rings. The lowest BCUT2D eigenvalue weighted by Gasteiger charge is -2.28. The Bertz CT molecular complexity index is 248. The summed E-state index contributed by atoms with van der Waals surface area (Å²) in [5, 5.41) is 8.68. The van der Waals surface area contributed by atoms with Gasteiger partial charge in [0.2, 0.25) is 11.8 Å². The Labute approximate surface area is 96.4 Å². The molecule has 1 fully saturated rings. The highest BCUT2D eigenvalue weighted by Crippen LogP contribution is 2.17. The summed E-state index contributed by atoms with van der Waals surface area (Å²) in [5.41, 5.74) is 0. The van der Waals surface area contributed by atoms with Crippen molar-refractivity contribution in [1.82, 2.24) is 16.0 Å². The first-order valence-electron chi connectivity index (χ1n) is 5.83. The summed E-state index contributed by atoms with van der Waals surface area (Å²) in [6.45, 7) is 1.49. The summed E-state index contributed by atoms with van der Waals surface area (Å²) in [6, 6.07) is 0.856. The van der Waals surface area contributed by atoms with Gasteiger partial charge in [0.1, 0.15) is 0 Å². The highest BCUT2D eigenvalue weighted by atomic mass is 16.2. The Hall–Kier alpha value is -1.10. The molecule has 1 rings (SSSR count). The molecule has 5 nitrogen and oxygen atoms in total. The first-order chi connectivity index (χ1) is 7.61. The van der Waals surface area contributed by atoms with Crippen molar-refractivity contribution in [3.8, 4) is 0 Å². The third-order valence-electron chi connectivity index (χ3n) is 3.00. The standard InChI is InChI=1S/C11H21N3O2/c1-8(15)13-7-11(16)14-10-5-3-9(12-2)4-6-10/h9-10,12H,3-7H2,1-2H3,(H,13,15)(H,14,16). The summed E-state index contributed by atoms with van der Waals surface area (Å²) in [4.78, 5) is 22.0. The third kappa shape index (κ3) is 4.61. The van der Waals surface area contributed by atoms with Crippen molar-refractivity contribution >= 4 is 11.8 Å². The van der Waals surface area contributed by atoms with Gasteiger partial charge in [0.05, 0.1) is 6.54 Å². The maximum atomic E-state index is 11.4. The normalized spacial score (nSPS) is 24.9. The average molecular weight is 227 g/mol. The van der Waals surface area contributed by atoms with Crippen molar-refractivity contribution in [3.63, 3.8) is 0 Å². The number of amides is 2. The molecule has 0 bridgehead atoms. The summed E-state index contributed by atoms with van der Waals surface area (Å²) in [6.07, 6.45) is 4.22. The van der Waals surface area contributed by atoms with Gasteiger partial charge in [-0.25, -0.2) is 0 Å². The van der Waals surface area contributed by atoms with Gasteiger partial charge in [0.25, 0.3) is 0 Å². The second kappa shape index (κ2) is 6.48. The molecule has 0 heterocycles. The van der Waals surface area contributed by atoms with E-state index in [0.717, 1.165) is 25.7 Å². The second-order valence-electron chi connectivity index (χ2n) is 4.31. The van der Waals surface area contributed by atoms with Crippen molar-refractivity contribution in [1.29, 1.82) is 0 Å². The minimum Gasteiger partial charge on any atom is -0.352 e. The fourth-order valence-corrected chi connectivity index (χ4v) is 2.01. The summed E-state index contributed by atoms with van der Waals surface area (Å²) in [7, 11) is 1.97. The van der Waals surface area contributed by atoms with Crippen LogP contribution in [0.5, 0.6) is 0 Å². The molecule has 0 spiro atoms. The molecular formula is C11H21N3O2. The molecule has 0 aromatic rings. The Morgan fingerprint density at radius 1 is 1.12 bits per heavy atom. The predicted molar refractivity (Wildman–Crippen MR) is 61.9 cm³/mol. The number of nitrogens with one attached hydrogen (secondary N) is 3. The highest BCUT2D eigenvalue weighted by Gasteiger charge is 2.20. The smallest absolute Gasteiger partial charge is 0.239 e. The molecule has 16 heavy (non-hydrogen) atoms. The summed E-state index contributed by atoms with van der Waals surface area (Å²) in [5.74, 6) is -0.267. The molecule has 92 valence electrons. The third-order valence-corrected chi connectivity index (χ3v) is 3.00. The SMILES string of the molecule is CNC1CCC(NC(=O)CNC(C)=O)CC1. The van der Waals surface area contributed by atoms with Gasteiger partial charge in [-0.05, 0) is 32.7 Å². The molecule has 0 saturated heterocycles. The van der Waals surface area contributed by atoms with Crippen LogP contribution in [0, 0.1) is 0 Å². The molecular weight excluding hydrogens is 206 g/mol.